The van der Waals surface area contributed by atoms with E-state index >= 15 is 0 Å². The second kappa shape index (κ2) is 9.23. The molecule has 0 aliphatic carbocycles. The largest absolute Gasteiger partial charge is 0.493 e. The molecule has 0 unspecified atom stereocenters. The first kappa shape index (κ1) is 19.0. The van der Waals surface area contributed by atoms with Crippen molar-refractivity contribution in [2.75, 3.05) is 14.2 Å². The van der Waals surface area contributed by atoms with Gasteiger partial charge in [-0.15, -0.1) is 0 Å². The van der Waals surface area contributed by atoms with E-state index in [1.54, 1.807) is 42.5 Å². The summed E-state index contributed by atoms with van der Waals surface area (Å²) in [5, 5.41) is 9.01. The minimum absolute atomic E-state index is 0.00706. The zero-order valence-corrected chi connectivity index (χ0v) is 14.7. The van der Waals surface area contributed by atoms with Crippen LogP contribution in [0.1, 0.15) is 34.3 Å². The first-order chi connectivity index (χ1) is 12.6. The van der Waals surface area contributed by atoms with Crippen molar-refractivity contribution in [2.24, 2.45) is 0 Å². The van der Waals surface area contributed by atoms with Crippen molar-refractivity contribution in [2.45, 2.75) is 19.4 Å². The Morgan fingerprint density at radius 3 is 2.42 bits per heavy atom. The van der Waals surface area contributed by atoms with E-state index in [-0.39, 0.29) is 25.2 Å². The number of Topliss-reactive ketones (excluding diaryl/α,β-unsaturated/α-hetero) is 1. The van der Waals surface area contributed by atoms with Gasteiger partial charge in [0.2, 0.25) is 0 Å². The molecule has 6 heteroatoms. The van der Waals surface area contributed by atoms with E-state index < -0.39 is 5.97 Å². The van der Waals surface area contributed by atoms with Crippen LogP contribution in [0.3, 0.4) is 0 Å². The Morgan fingerprint density at radius 1 is 1.00 bits per heavy atom. The second-order valence-electron chi connectivity index (χ2n) is 5.42. The number of carbonyl (C=O) groups excluding carboxylic acids is 2. The third kappa shape index (κ3) is 4.84. The zero-order chi connectivity index (χ0) is 18.9. The molecule has 2 aromatic rings. The maximum Gasteiger partial charge on any atom is 0.306 e. The van der Waals surface area contributed by atoms with Crippen LogP contribution in [0.25, 0.3) is 0 Å². The van der Waals surface area contributed by atoms with Gasteiger partial charge < -0.3 is 14.2 Å². The molecule has 0 aromatic heterocycles. The minimum Gasteiger partial charge on any atom is -0.493 e. The van der Waals surface area contributed by atoms with Gasteiger partial charge in [-0.2, -0.15) is 5.26 Å². The smallest absolute Gasteiger partial charge is 0.306 e. The summed E-state index contributed by atoms with van der Waals surface area (Å²) in [6.07, 6.45) is -0.0177. The van der Waals surface area contributed by atoms with Gasteiger partial charge in [0.15, 0.2) is 17.3 Å². The van der Waals surface area contributed by atoms with E-state index in [4.69, 9.17) is 19.5 Å². The number of nitrogens with zero attached hydrogens (tertiary/aromatic N) is 1. The number of esters is 1. The molecule has 0 amide bonds. The predicted molar refractivity (Wildman–Crippen MR) is 94.1 cm³/mol. The predicted octanol–water partition coefficient (Wildman–Crippen LogP) is 3.28. The van der Waals surface area contributed by atoms with Crippen LogP contribution in [0.2, 0.25) is 0 Å². The monoisotopic (exact) mass is 353 g/mol. The van der Waals surface area contributed by atoms with Gasteiger partial charge in [-0.25, -0.2) is 0 Å². The normalized spacial score (nSPS) is 9.88. The fraction of sp³-hybridized carbons (Fsp3) is 0.250. The van der Waals surface area contributed by atoms with Crippen LogP contribution in [0.15, 0.2) is 42.5 Å². The van der Waals surface area contributed by atoms with Crippen LogP contribution in [0.5, 0.6) is 11.5 Å². The lowest BCUT2D eigenvalue weighted by atomic mass is 10.1. The highest BCUT2D eigenvalue weighted by molar-refractivity contribution is 5.98. The van der Waals surface area contributed by atoms with Crippen LogP contribution in [-0.2, 0) is 16.1 Å². The Labute approximate surface area is 151 Å². The van der Waals surface area contributed by atoms with Gasteiger partial charge in [0.25, 0.3) is 0 Å². The maximum absolute atomic E-state index is 12.2. The van der Waals surface area contributed by atoms with Crippen molar-refractivity contribution >= 4 is 11.8 Å². The van der Waals surface area contributed by atoms with Crippen molar-refractivity contribution in [1.29, 1.82) is 5.26 Å². The SMILES string of the molecule is COc1ccc(C(=O)CCC(=O)OCc2ccccc2C#N)cc1OC. The fourth-order valence-corrected chi connectivity index (χ4v) is 2.36. The Balaban J connectivity index is 1.89. The summed E-state index contributed by atoms with van der Waals surface area (Å²) in [5.74, 6) is 0.292. The summed E-state index contributed by atoms with van der Waals surface area (Å²) in [4.78, 5) is 24.1. The van der Waals surface area contributed by atoms with Crippen LogP contribution < -0.4 is 9.47 Å². The number of carbonyl (C=O) groups is 2. The van der Waals surface area contributed by atoms with E-state index in [9.17, 15) is 9.59 Å². The lowest BCUT2D eigenvalue weighted by molar-refractivity contribution is -0.144. The van der Waals surface area contributed by atoms with E-state index in [0.29, 0.717) is 28.2 Å². The van der Waals surface area contributed by atoms with Crippen molar-refractivity contribution < 1.29 is 23.8 Å². The lowest BCUT2D eigenvalue weighted by Crippen LogP contribution is -2.09. The number of methoxy groups -OCH3 is 2. The molecule has 0 spiro atoms. The number of rotatable bonds is 8. The van der Waals surface area contributed by atoms with Crippen molar-refractivity contribution in [3.8, 4) is 17.6 Å². The van der Waals surface area contributed by atoms with Gasteiger partial charge in [-0.3, -0.25) is 9.59 Å². The summed E-state index contributed by atoms with van der Waals surface area (Å²) < 4.78 is 15.4. The summed E-state index contributed by atoms with van der Waals surface area (Å²) in [6, 6.07) is 13.8. The van der Waals surface area contributed by atoms with E-state index in [0.717, 1.165) is 0 Å². The second-order valence-corrected chi connectivity index (χ2v) is 5.42. The zero-order valence-electron chi connectivity index (χ0n) is 14.7. The fourth-order valence-electron chi connectivity index (χ4n) is 2.36. The summed E-state index contributed by atoms with van der Waals surface area (Å²) in [7, 11) is 3.00. The number of hydrogen-bond acceptors (Lipinski definition) is 6. The highest BCUT2D eigenvalue weighted by Gasteiger charge is 2.14. The average molecular weight is 353 g/mol. The molecule has 0 aliphatic rings. The maximum atomic E-state index is 12.2. The standard InChI is InChI=1S/C20H19NO5/c1-24-18-9-7-14(11-19(18)25-2)17(22)8-10-20(23)26-13-16-6-4-3-5-15(16)12-21/h3-7,9,11H,8,10,13H2,1-2H3. The van der Waals surface area contributed by atoms with Crippen LogP contribution in [0, 0.1) is 11.3 Å². The highest BCUT2D eigenvalue weighted by atomic mass is 16.5. The summed E-state index contributed by atoms with van der Waals surface area (Å²) >= 11 is 0. The van der Waals surface area contributed by atoms with Gasteiger partial charge in [-0.05, 0) is 24.3 Å². The van der Waals surface area contributed by atoms with Gasteiger partial charge in [0.05, 0.1) is 32.3 Å². The van der Waals surface area contributed by atoms with Crippen LogP contribution in [-0.4, -0.2) is 26.0 Å². The molecule has 0 aliphatic heterocycles. The quantitative estimate of drug-likeness (QED) is 0.535. The molecule has 0 radical (unpaired) electrons. The first-order valence-corrected chi connectivity index (χ1v) is 7.98. The number of benzene rings is 2. The molecule has 0 N–H and O–H groups in total. The molecule has 134 valence electrons. The molecule has 6 nitrogen and oxygen atoms in total. The Bertz CT molecular complexity index is 838. The van der Waals surface area contributed by atoms with Gasteiger partial charge >= 0.3 is 5.97 Å². The molecule has 0 saturated carbocycles. The van der Waals surface area contributed by atoms with Crippen molar-refractivity contribution in [3.05, 3.63) is 59.2 Å². The molecule has 0 atom stereocenters. The minimum atomic E-state index is -0.494. The molecule has 2 aromatic carbocycles. The van der Waals surface area contributed by atoms with Gasteiger partial charge in [0, 0.05) is 17.5 Å². The topological polar surface area (TPSA) is 85.6 Å². The van der Waals surface area contributed by atoms with Gasteiger partial charge in [0.1, 0.15) is 6.61 Å². The van der Waals surface area contributed by atoms with Gasteiger partial charge in [-0.1, -0.05) is 18.2 Å². The molecular formula is C20H19NO5. The van der Waals surface area contributed by atoms with E-state index in [2.05, 4.69) is 0 Å². The molecule has 0 fully saturated rings. The van der Waals surface area contributed by atoms with E-state index in [1.807, 2.05) is 6.07 Å². The molecule has 0 saturated heterocycles. The Hall–Kier alpha value is -3.33. The third-order valence-corrected chi connectivity index (χ3v) is 3.79. The molecule has 0 bridgehead atoms. The van der Waals surface area contributed by atoms with Crippen molar-refractivity contribution in [3.63, 3.8) is 0 Å². The molecule has 2 rings (SSSR count). The average Bonchev–Trinajstić information content (AvgIpc) is 2.69. The molecule has 0 heterocycles. The highest BCUT2D eigenvalue weighted by Crippen LogP contribution is 2.28. The Morgan fingerprint density at radius 2 is 1.73 bits per heavy atom. The first-order valence-electron chi connectivity index (χ1n) is 7.98. The summed E-state index contributed by atoms with van der Waals surface area (Å²) in [6.45, 7) is 0.00706. The number of ketones is 1. The number of ether oxygens (including phenoxy) is 3. The number of hydrogen-bond donors (Lipinski definition) is 0. The van der Waals surface area contributed by atoms with Crippen molar-refractivity contribution in [1.82, 2.24) is 0 Å². The lowest BCUT2D eigenvalue weighted by Gasteiger charge is -2.09. The summed E-state index contributed by atoms with van der Waals surface area (Å²) in [5.41, 5.74) is 1.53. The third-order valence-electron chi connectivity index (χ3n) is 3.79. The Kier molecular flexibility index (Phi) is 6.75. The number of nitriles is 1. The van der Waals surface area contributed by atoms with E-state index in [1.165, 1.54) is 14.2 Å². The molecule has 26 heavy (non-hydrogen) atoms. The van der Waals surface area contributed by atoms with Crippen LogP contribution >= 0.6 is 0 Å². The van der Waals surface area contributed by atoms with Crippen LogP contribution in [0.4, 0.5) is 0 Å². The molecular weight excluding hydrogens is 334 g/mol.